The normalized spacial score (nSPS) is 12.4. The number of anilines is 1. The smallest absolute Gasteiger partial charge is 0.264 e. The van der Waals surface area contributed by atoms with E-state index in [0.717, 1.165) is 11.3 Å². The molecule has 2 aromatic heterocycles. The van der Waals surface area contributed by atoms with E-state index >= 15 is 0 Å². The third kappa shape index (κ3) is 4.75. The van der Waals surface area contributed by atoms with Crippen molar-refractivity contribution in [3.63, 3.8) is 0 Å². The Balaban J connectivity index is 2.22. The standard InChI is InChI=1S/C17H24N4O2S/c1-17(2,3)15-7-6-14(11-19-15)24(22,23)20-16-10-13(8-9-18-16)12-21(4)5/h6-11H,12H2,1-5H3,(H,18,20). The average molecular weight is 348 g/mol. The second-order valence-electron chi connectivity index (χ2n) is 7.02. The fourth-order valence-electron chi connectivity index (χ4n) is 2.17. The van der Waals surface area contributed by atoms with Gasteiger partial charge >= 0.3 is 0 Å². The zero-order valence-corrected chi connectivity index (χ0v) is 15.6. The summed E-state index contributed by atoms with van der Waals surface area (Å²) in [4.78, 5) is 10.5. The van der Waals surface area contributed by atoms with Crippen LogP contribution in [0.4, 0.5) is 5.82 Å². The van der Waals surface area contributed by atoms with E-state index in [2.05, 4.69) is 14.7 Å². The predicted octanol–water partition coefficient (Wildman–Crippen LogP) is 2.64. The summed E-state index contributed by atoms with van der Waals surface area (Å²) < 4.78 is 27.5. The van der Waals surface area contributed by atoms with Crippen LogP contribution < -0.4 is 4.72 Å². The topological polar surface area (TPSA) is 75.2 Å². The molecule has 0 bridgehead atoms. The molecule has 6 nitrogen and oxygen atoms in total. The molecule has 0 aromatic carbocycles. The van der Waals surface area contributed by atoms with Crippen molar-refractivity contribution < 1.29 is 8.42 Å². The van der Waals surface area contributed by atoms with Gasteiger partial charge in [0.15, 0.2) is 0 Å². The van der Waals surface area contributed by atoms with Crippen LogP contribution in [0.25, 0.3) is 0 Å². The largest absolute Gasteiger partial charge is 0.305 e. The van der Waals surface area contributed by atoms with Crippen molar-refractivity contribution in [2.24, 2.45) is 0 Å². The van der Waals surface area contributed by atoms with Crippen LogP contribution >= 0.6 is 0 Å². The molecule has 0 amide bonds. The van der Waals surface area contributed by atoms with Gasteiger partial charge in [0.05, 0.1) is 0 Å². The van der Waals surface area contributed by atoms with E-state index in [9.17, 15) is 8.42 Å². The van der Waals surface area contributed by atoms with Crippen molar-refractivity contribution in [2.45, 2.75) is 37.6 Å². The Kier molecular flexibility index (Phi) is 5.25. The van der Waals surface area contributed by atoms with E-state index in [1.165, 1.54) is 6.20 Å². The van der Waals surface area contributed by atoms with E-state index in [-0.39, 0.29) is 10.3 Å². The summed E-state index contributed by atoms with van der Waals surface area (Å²) in [5, 5.41) is 0. The highest BCUT2D eigenvalue weighted by atomic mass is 32.2. The van der Waals surface area contributed by atoms with Crippen molar-refractivity contribution in [1.29, 1.82) is 0 Å². The summed E-state index contributed by atoms with van der Waals surface area (Å²) in [5.74, 6) is 0.300. The van der Waals surface area contributed by atoms with Crippen LogP contribution in [-0.2, 0) is 22.0 Å². The molecule has 7 heteroatoms. The molecule has 2 rings (SSSR count). The van der Waals surface area contributed by atoms with Gasteiger partial charge in [0.25, 0.3) is 10.0 Å². The van der Waals surface area contributed by atoms with Crippen LogP contribution in [0.2, 0.25) is 0 Å². The average Bonchev–Trinajstić information content (AvgIpc) is 2.45. The highest BCUT2D eigenvalue weighted by Crippen LogP contribution is 2.21. The van der Waals surface area contributed by atoms with E-state index < -0.39 is 10.0 Å². The minimum atomic E-state index is -3.71. The maximum absolute atomic E-state index is 12.5. The number of rotatable bonds is 5. The van der Waals surface area contributed by atoms with Gasteiger partial charge in [-0.25, -0.2) is 13.4 Å². The molecule has 0 saturated heterocycles. The second-order valence-corrected chi connectivity index (χ2v) is 8.70. The lowest BCUT2D eigenvalue weighted by atomic mass is 9.92. The first-order valence-electron chi connectivity index (χ1n) is 7.67. The first kappa shape index (κ1) is 18.4. The lowest BCUT2D eigenvalue weighted by molar-refractivity contribution is 0.402. The Morgan fingerprint density at radius 3 is 2.38 bits per heavy atom. The van der Waals surface area contributed by atoms with E-state index in [4.69, 9.17) is 0 Å². The summed E-state index contributed by atoms with van der Waals surface area (Å²) in [6.07, 6.45) is 2.98. The number of pyridine rings is 2. The number of hydrogen-bond donors (Lipinski definition) is 1. The van der Waals surface area contributed by atoms with E-state index in [0.29, 0.717) is 12.4 Å². The monoisotopic (exact) mass is 348 g/mol. The van der Waals surface area contributed by atoms with Gasteiger partial charge in [-0.05, 0) is 43.9 Å². The maximum Gasteiger partial charge on any atom is 0.264 e. The molecule has 24 heavy (non-hydrogen) atoms. The third-order valence-corrected chi connectivity index (χ3v) is 4.72. The van der Waals surface area contributed by atoms with Crippen LogP contribution in [0.1, 0.15) is 32.0 Å². The Hall–Kier alpha value is -1.99. The number of nitrogens with one attached hydrogen (secondary N) is 1. The molecule has 0 unspecified atom stereocenters. The zero-order valence-electron chi connectivity index (χ0n) is 14.7. The first-order chi connectivity index (χ1) is 11.1. The Morgan fingerprint density at radius 2 is 1.83 bits per heavy atom. The minimum Gasteiger partial charge on any atom is -0.305 e. The van der Waals surface area contributed by atoms with Crippen molar-refractivity contribution in [3.8, 4) is 0 Å². The molecule has 0 saturated carbocycles. The van der Waals surface area contributed by atoms with E-state index in [1.807, 2.05) is 45.8 Å². The van der Waals surface area contributed by atoms with Gasteiger partial charge in [-0.2, -0.15) is 0 Å². The number of sulfonamides is 1. The molecule has 0 atom stereocenters. The Labute approximate surface area is 144 Å². The molecule has 0 spiro atoms. The third-order valence-electron chi connectivity index (χ3n) is 3.38. The molecular formula is C17H24N4O2S. The first-order valence-corrected chi connectivity index (χ1v) is 9.15. The fraction of sp³-hybridized carbons (Fsp3) is 0.412. The van der Waals surface area contributed by atoms with Gasteiger partial charge < -0.3 is 4.90 Å². The van der Waals surface area contributed by atoms with Crippen LogP contribution in [0.5, 0.6) is 0 Å². The summed E-state index contributed by atoms with van der Waals surface area (Å²) in [5.41, 5.74) is 1.69. The van der Waals surface area contributed by atoms with Gasteiger partial charge in [0.1, 0.15) is 10.7 Å². The second kappa shape index (κ2) is 6.86. The van der Waals surface area contributed by atoms with Crippen molar-refractivity contribution in [1.82, 2.24) is 14.9 Å². The molecule has 0 fully saturated rings. The molecule has 2 heterocycles. The molecule has 1 N–H and O–H groups in total. The quantitative estimate of drug-likeness (QED) is 0.899. The summed E-state index contributed by atoms with van der Waals surface area (Å²) in [6, 6.07) is 6.90. The molecule has 0 radical (unpaired) electrons. The lowest BCUT2D eigenvalue weighted by Gasteiger charge is -2.17. The lowest BCUT2D eigenvalue weighted by Crippen LogP contribution is -2.17. The highest BCUT2D eigenvalue weighted by Gasteiger charge is 2.19. The molecule has 2 aromatic rings. The summed E-state index contributed by atoms with van der Waals surface area (Å²) in [6.45, 7) is 6.80. The van der Waals surface area contributed by atoms with Crippen LogP contribution in [0, 0.1) is 0 Å². The van der Waals surface area contributed by atoms with Gasteiger partial charge in [-0.3, -0.25) is 9.71 Å². The summed E-state index contributed by atoms with van der Waals surface area (Å²) in [7, 11) is 0.193. The van der Waals surface area contributed by atoms with Gasteiger partial charge in [-0.1, -0.05) is 20.8 Å². The molecular weight excluding hydrogens is 324 g/mol. The van der Waals surface area contributed by atoms with Crippen LogP contribution in [0.15, 0.2) is 41.6 Å². The van der Waals surface area contributed by atoms with Crippen molar-refractivity contribution in [3.05, 3.63) is 47.9 Å². The Morgan fingerprint density at radius 1 is 1.12 bits per heavy atom. The van der Waals surface area contributed by atoms with Crippen molar-refractivity contribution >= 4 is 15.8 Å². The van der Waals surface area contributed by atoms with Crippen LogP contribution in [0.3, 0.4) is 0 Å². The molecule has 0 aliphatic heterocycles. The van der Waals surface area contributed by atoms with Gasteiger partial charge in [0, 0.05) is 30.0 Å². The van der Waals surface area contributed by atoms with Gasteiger partial charge in [0.2, 0.25) is 0 Å². The van der Waals surface area contributed by atoms with Crippen molar-refractivity contribution in [2.75, 3.05) is 18.8 Å². The molecule has 0 aliphatic rings. The van der Waals surface area contributed by atoms with E-state index in [1.54, 1.807) is 24.4 Å². The molecule has 130 valence electrons. The minimum absolute atomic E-state index is 0.121. The number of nitrogens with zero attached hydrogens (tertiary/aromatic N) is 3. The number of hydrogen-bond acceptors (Lipinski definition) is 5. The zero-order chi connectivity index (χ0) is 18.0. The summed E-state index contributed by atoms with van der Waals surface area (Å²) >= 11 is 0. The van der Waals surface area contributed by atoms with Crippen LogP contribution in [-0.4, -0.2) is 37.4 Å². The maximum atomic E-state index is 12.5. The van der Waals surface area contributed by atoms with Gasteiger partial charge in [-0.15, -0.1) is 0 Å². The SMILES string of the molecule is CN(C)Cc1ccnc(NS(=O)(=O)c2ccc(C(C)(C)C)nc2)c1. The highest BCUT2D eigenvalue weighted by molar-refractivity contribution is 7.92. The Bertz CT molecular complexity index is 794. The number of aromatic nitrogens is 2. The fourth-order valence-corrected chi connectivity index (χ4v) is 3.12. The molecule has 0 aliphatic carbocycles. The predicted molar refractivity (Wildman–Crippen MR) is 95.4 cm³/mol.